The number of imide groups is 1. The van der Waals surface area contributed by atoms with Gasteiger partial charge in [-0.05, 0) is 11.5 Å². The molecule has 3 heteroatoms. The largest absolute Gasteiger partial charge is 0.274 e. The highest BCUT2D eigenvalue weighted by atomic mass is 16.2. The summed E-state index contributed by atoms with van der Waals surface area (Å²) >= 11 is 0. The van der Waals surface area contributed by atoms with Crippen LogP contribution in [0.3, 0.4) is 0 Å². The highest BCUT2D eigenvalue weighted by Gasteiger charge is 2.43. The molecule has 0 radical (unpaired) electrons. The third-order valence-electron chi connectivity index (χ3n) is 3.98. The molecule has 3 rings (SSSR count). The maximum absolute atomic E-state index is 12.3. The molecule has 2 amide bonds. The monoisotopic (exact) mass is 253 g/mol. The first-order valence-electron chi connectivity index (χ1n) is 6.47. The molecule has 0 bridgehead atoms. The minimum atomic E-state index is -0.244. The van der Waals surface area contributed by atoms with Gasteiger partial charge in [0.15, 0.2) is 0 Å². The van der Waals surface area contributed by atoms with Gasteiger partial charge in [-0.15, -0.1) is 0 Å². The predicted octanol–water partition coefficient (Wildman–Crippen LogP) is 2.99. The van der Waals surface area contributed by atoms with E-state index in [1.54, 1.807) is 0 Å². The molecule has 2 atom stereocenters. The second kappa shape index (κ2) is 4.19. The molecule has 1 fully saturated rings. The quantitative estimate of drug-likeness (QED) is 0.733. The van der Waals surface area contributed by atoms with Crippen molar-refractivity contribution in [3.8, 4) is 0 Å². The van der Waals surface area contributed by atoms with Crippen molar-refractivity contribution >= 4 is 28.3 Å². The number of carbonyl (C=O) groups is 2. The third-order valence-corrected chi connectivity index (χ3v) is 3.98. The summed E-state index contributed by atoms with van der Waals surface area (Å²) in [6.45, 7) is 3.63. The van der Waals surface area contributed by atoms with E-state index in [0.717, 1.165) is 10.8 Å². The topological polar surface area (TPSA) is 37.4 Å². The zero-order valence-electron chi connectivity index (χ0n) is 11.0. The Hall–Kier alpha value is -2.16. The number of anilines is 1. The average Bonchev–Trinajstić information content (AvgIpc) is 2.63. The van der Waals surface area contributed by atoms with Crippen LogP contribution in [0.4, 0.5) is 5.69 Å². The summed E-state index contributed by atoms with van der Waals surface area (Å²) in [5.41, 5.74) is 0.698. The normalized spacial score (nSPS) is 23.4. The molecule has 1 aliphatic rings. The number of hydrogen-bond donors (Lipinski definition) is 0. The molecule has 0 spiro atoms. The van der Waals surface area contributed by atoms with Gasteiger partial charge < -0.3 is 0 Å². The maximum Gasteiger partial charge on any atom is 0.237 e. The Kier molecular flexibility index (Phi) is 2.63. The fourth-order valence-corrected chi connectivity index (χ4v) is 2.58. The molecule has 0 N–H and O–H groups in total. The molecule has 0 saturated carbocycles. The number of benzene rings is 2. The predicted molar refractivity (Wildman–Crippen MR) is 74.8 cm³/mol. The van der Waals surface area contributed by atoms with Gasteiger partial charge in [0.2, 0.25) is 11.8 Å². The molecule has 1 aliphatic heterocycles. The van der Waals surface area contributed by atoms with Crippen LogP contribution in [0.2, 0.25) is 0 Å². The molecule has 0 unspecified atom stereocenters. The molecule has 0 aromatic heterocycles. The van der Waals surface area contributed by atoms with E-state index in [9.17, 15) is 9.59 Å². The van der Waals surface area contributed by atoms with E-state index >= 15 is 0 Å². The van der Waals surface area contributed by atoms with E-state index in [2.05, 4.69) is 0 Å². The van der Waals surface area contributed by atoms with E-state index in [-0.39, 0.29) is 23.7 Å². The minimum Gasteiger partial charge on any atom is -0.274 e. The molecule has 3 nitrogen and oxygen atoms in total. The Labute approximate surface area is 111 Å². The van der Waals surface area contributed by atoms with Gasteiger partial charge in [0, 0.05) is 17.2 Å². The SMILES string of the molecule is C[C@@H]1C(=O)N(c2cccc3ccccc23)C(=O)[C@H]1C. The Morgan fingerprint density at radius 1 is 0.842 bits per heavy atom. The first-order valence-corrected chi connectivity index (χ1v) is 6.47. The van der Waals surface area contributed by atoms with Crippen molar-refractivity contribution in [2.24, 2.45) is 11.8 Å². The second-order valence-corrected chi connectivity index (χ2v) is 5.09. The molecule has 2 aromatic carbocycles. The van der Waals surface area contributed by atoms with Crippen molar-refractivity contribution in [1.29, 1.82) is 0 Å². The van der Waals surface area contributed by atoms with Crippen molar-refractivity contribution in [2.45, 2.75) is 13.8 Å². The summed E-state index contributed by atoms with van der Waals surface area (Å²) in [7, 11) is 0. The summed E-state index contributed by atoms with van der Waals surface area (Å²) in [6.07, 6.45) is 0. The van der Waals surface area contributed by atoms with Crippen LogP contribution in [-0.4, -0.2) is 11.8 Å². The van der Waals surface area contributed by atoms with E-state index in [0.29, 0.717) is 5.69 Å². The van der Waals surface area contributed by atoms with Crippen molar-refractivity contribution in [2.75, 3.05) is 4.90 Å². The van der Waals surface area contributed by atoms with Gasteiger partial charge in [-0.25, -0.2) is 4.90 Å². The molecule has 1 heterocycles. The van der Waals surface area contributed by atoms with Crippen molar-refractivity contribution in [3.05, 3.63) is 42.5 Å². The van der Waals surface area contributed by atoms with Crippen LogP contribution < -0.4 is 4.90 Å². The van der Waals surface area contributed by atoms with Crippen LogP contribution in [0.1, 0.15) is 13.8 Å². The fraction of sp³-hybridized carbons (Fsp3) is 0.250. The molecule has 1 saturated heterocycles. The molecular weight excluding hydrogens is 238 g/mol. The smallest absolute Gasteiger partial charge is 0.237 e. The van der Waals surface area contributed by atoms with Gasteiger partial charge in [-0.3, -0.25) is 9.59 Å². The molecule has 19 heavy (non-hydrogen) atoms. The van der Waals surface area contributed by atoms with Crippen molar-refractivity contribution in [1.82, 2.24) is 0 Å². The molecule has 96 valence electrons. The van der Waals surface area contributed by atoms with Gasteiger partial charge >= 0.3 is 0 Å². The molecule has 0 aliphatic carbocycles. The van der Waals surface area contributed by atoms with Crippen LogP contribution in [0.5, 0.6) is 0 Å². The molecule has 2 aromatic rings. The van der Waals surface area contributed by atoms with E-state index in [4.69, 9.17) is 0 Å². The van der Waals surface area contributed by atoms with Gasteiger partial charge in [0.05, 0.1) is 5.69 Å². The van der Waals surface area contributed by atoms with Gasteiger partial charge in [-0.2, -0.15) is 0 Å². The highest BCUT2D eigenvalue weighted by Crippen LogP contribution is 2.34. The number of fused-ring (bicyclic) bond motifs is 1. The first-order chi connectivity index (χ1) is 9.11. The zero-order chi connectivity index (χ0) is 13.6. The van der Waals surface area contributed by atoms with Crippen LogP contribution >= 0.6 is 0 Å². The van der Waals surface area contributed by atoms with E-state index in [1.807, 2.05) is 56.3 Å². The zero-order valence-corrected chi connectivity index (χ0v) is 11.0. The number of carbonyl (C=O) groups excluding carboxylic acids is 2. The Balaban J connectivity index is 2.20. The summed E-state index contributed by atoms with van der Waals surface area (Å²) in [5.74, 6) is -0.694. The highest BCUT2D eigenvalue weighted by molar-refractivity contribution is 6.24. The Morgan fingerprint density at radius 2 is 1.42 bits per heavy atom. The fourth-order valence-electron chi connectivity index (χ4n) is 2.58. The molecular formula is C16H15NO2. The lowest BCUT2D eigenvalue weighted by Gasteiger charge is -2.17. The number of amides is 2. The minimum absolute atomic E-state index is 0.103. The summed E-state index contributed by atoms with van der Waals surface area (Å²) in [6, 6.07) is 13.5. The van der Waals surface area contributed by atoms with Crippen LogP contribution in [0.25, 0.3) is 10.8 Å². The van der Waals surface area contributed by atoms with Crippen LogP contribution in [-0.2, 0) is 9.59 Å². The van der Waals surface area contributed by atoms with Gasteiger partial charge in [-0.1, -0.05) is 50.2 Å². The van der Waals surface area contributed by atoms with Crippen molar-refractivity contribution < 1.29 is 9.59 Å². The van der Waals surface area contributed by atoms with E-state index < -0.39 is 0 Å². The Bertz CT molecular complexity index is 652. The summed E-state index contributed by atoms with van der Waals surface area (Å²) in [5, 5.41) is 1.97. The van der Waals surface area contributed by atoms with Gasteiger partial charge in [0.1, 0.15) is 0 Å². The number of rotatable bonds is 1. The third kappa shape index (κ3) is 1.65. The summed E-state index contributed by atoms with van der Waals surface area (Å²) in [4.78, 5) is 25.9. The van der Waals surface area contributed by atoms with E-state index in [1.165, 1.54) is 4.90 Å². The van der Waals surface area contributed by atoms with Crippen molar-refractivity contribution in [3.63, 3.8) is 0 Å². The maximum atomic E-state index is 12.3. The lowest BCUT2D eigenvalue weighted by atomic mass is 10.00. The lowest BCUT2D eigenvalue weighted by Crippen LogP contribution is -2.30. The van der Waals surface area contributed by atoms with Crippen LogP contribution in [0, 0.1) is 11.8 Å². The summed E-state index contributed by atoms with van der Waals surface area (Å²) < 4.78 is 0. The van der Waals surface area contributed by atoms with Gasteiger partial charge in [0.25, 0.3) is 0 Å². The number of hydrogen-bond acceptors (Lipinski definition) is 2. The standard InChI is InChI=1S/C16H15NO2/c1-10-11(2)16(19)17(15(10)18)14-9-5-7-12-6-3-4-8-13(12)14/h3-11H,1-2H3/t10-,11-/m0/s1. The number of nitrogens with zero attached hydrogens (tertiary/aromatic N) is 1. The average molecular weight is 253 g/mol. The lowest BCUT2D eigenvalue weighted by molar-refractivity contribution is -0.122. The van der Waals surface area contributed by atoms with Crippen LogP contribution in [0.15, 0.2) is 42.5 Å². The first kappa shape index (κ1) is 11.9. The second-order valence-electron chi connectivity index (χ2n) is 5.09. The Morgan fingerprint density at radius 3 is 2.11 bits per heavy atom.